The summed E-state index contributed by atoms with van der Waals surface area (Å²) in [6, 6.07) is 20.6. The van der Waals surface area contributed by atoms with Crippen LogP contribution in [0.2, 0.25) is 0 Å². The van der Waals surface area contributed by atoms with Gasteiger partial charge in [-0.1, -0.05) is 66.8 Å². The molecular weight excluding hydrogens is 242 g/mol. The molecule has 0 aromatic heterocycles. The summed E-state index contributed by atoms with van der Waals surface area (Å²) in [7, 11) is 0. The highest BCUT2D eigenvalue weighted by molar-refractivity contribution is 5.53. The summed E-state index contributed by atoms with van der Waals surface area (Å²) in [5, 5.41) is 0. The summed E-state index contributed by atoms with van der Waals surface area (Å²) in [6.45, 7) is 4.60. The second-order valence-electron chi connectivity index (χ2n) is 4.39. The minimum absolute atomic E-state index is 0.791. The normalized spacial score (nSPS) is 11.0. The predicted molar refractivity (Wildman–Crippen MR) is 88.6 cm³/mol. The van der Waals surface area contributed by atoms with E-state index in [0.29, 0.717) is 0 Å². The van der Waals surface area contributed by atoms with Gasteiger partial charge in [-0.15, -0.1) is 6.58 Å². The molecule has 0 spiro atoms. The van der Waals surface area contributed by atoms with Gasteiger partial charge in [0, 0.05) is 18.4 Å². The Hall–Kier alpha value is -2.54. The molecule has 0 saturated heterocycles. The van der Waals surface area contributed by atoms with Crippen molar-refractivity contribution in [1.29, 1.82) is 0 Å². The maximum absolute atomic E-state index is 3.81. The third-order valence-corrected chi connectivity index (χ3v) is 2.88. The molecule has 2 rings (SSSR count). The lowest BCUT2D eigenvalue weighted by Gasteiger charge is -2.18. The average Bonchev–Trinajstić information content (AvgIpc) is 2.52. The molecule has 0 fully saturated rings. The highest BCUT2D eigenvalue weighted by atomic mass is 15.1. The molecule has 0 N–H and O–H groups in total. The number of hydrogen-bond acceptors (Lipinski definition) is 1. The molecular formula is C19H19N. The van der Waals surface area contributed by atoms with Gasteiger partial charge < -0.3 is 4.90 Å². The van der Waals surface area contributed by atoms with Crippen molar-refractivity contribution >= 4 is 11.8 Å². The Balaban J connectivity index is 2.03. The van der Waals surface area contributed by atoms with E-state index in [4.69, 9.17) is 0 Å². The van der Waals surface area contributed by atoms with E-state index in [1.165, 1.54) is 5.56 Å². The maximum Gasteiger partial charge on any atom is 0.0409 e. The van der Waals surface area contributed by atoms with Crippen LogP contribution < -0.4 is 4.90 Å². The quantitative estimate of drug-likeness (QED) is 0.527. The van der Waals surface area contributed by atoms with Crippen LogP contribution in [0.1, 0.15) is 5.56 Å². The van der Waals surface area contributed by atoms with Gasteiger partial charge in [-0.05, 0) is 23.8 Å². The van der Waals surface area contributed by atoms with Crippen LogP contribution >= 0.6 is 0 Å². The van der Waals surface area contributed by atoms with Crippen LogP contribution in [-0.2, 0) is 0 Å². The van der Waals surface area contributed by atoms with Crippen molar-refractivity contribution in [1.82, 2.24) is 0 Å². The van der Waals surface area contributed by atoms with Crippen molar-refractivity contribution in [2.75, 3.05) is 11.4 Å². The molecule has 20 heavy (non-hydrogen) atoms. The lowest BCUT2D eigenvalue weighted by atomic mass is 10.2. The summed E-state index contributed by atoms with van der Waals surface area (Å²) in [5.41, 5.74) is 2.36. The molecule has 0 aliphatic rings. The summed E-state index contributed by atoms with van der Waals surface area (Å²) in [5.74, 6) is 0. The number of benzene rings is 2. The standard InChI is InChI=1S/C19H19N/c1-2-16-20(19-14-7-4-8-15-19)17-10-9-13-18-11-5-3-6-12-18/h2-15,17H,1,16H2/b13-9-,17-10-. The number of hydrogen-bond donors (Lipinski definition) is 0. The van der Waals surface area contributed by atoms with E-state index in [0.717, 1.165) is 12.2 Å². The Morgan fingerprint density at radius 3 is 2.15 bits per heavy atom. The Kier molecular flexibility index (Phi) is 5.41. The number of para-hydroxylation sites is 1. The fraction of sp³-hybridized carbons (Fsp3) is 0.0526. The van der Waals surface area contributed by atoms with E-state index >= 15 is 0 Å². The highest BCUT2D eigenvalue weighted by Gasteiger charge is 1.97. The van der Waals surface area contributed by atoms with Gasteiger partial charge in [0.1, 0.15) is 0 Å². The molecule has 0 aliphatic carbocycles. The highest BCUT2D eigenvalue weighted by Crippen LogP contribution is 2.13. The van der Waals surface area contributed by atoms with Gasteiger partial charge >= 0.3 is 0 Å². The minimum Gasteiger partial charge on any atom is -0.344 e. The van der Waals surface area contributed by atoms with Crippen molar-refractivity contribution < 1.29 is 0 Å². The number of anilines is 1. The van der Waals surface area contributed by atoms with Gasteiger partial charge in [0.05, 0.1) is 0 Å². The monoisotopic (exact) mass is 261 g/mol. The van der Waals surface area contributed by atoms with E-state index in [9.17, 15) is 0 Å². The van der Waals surface area contributed by atoms with E-state index in [2.05, 4.69) is 48.0 Å². The van der Waals surface area contributed by atoms with Crippen molar-refractivity contribution in [2.45, 2.75) is 0 Å². The third-order valence-electron chi connectivity index (χ3n) is 2.88. The maximum atomic E-state index is 3.81. The molecule has 1 nitrogen and oxygen atoms in total. The molecule has 100 valence electrons. The first kappa shape index (κ1) is 13.9. The van der Waals surface area contributed by atoms with E-state index in [1.807, 2.05) is 54.6 Å². The summed E-state index contributed by atoms with van der Waals surface area (Å²) in [4.78, 5) is 2.16. The lowest BCUT2D eigenvalue weighted by molar-refractivity contribution is 1.09. The second kappa shape index (κ2) is 7.80. The van der Waals surface area contributed by atoms with Crippen molar-refractivity contribution in [3.63, 3.8) is 0 Å². The van der Waals surface area contributed by atoms with Gasteiger partial charge in [0.15, 0.2) is 0 Å². The Labute approximate surface area is 121 Å². The fourth-order valence-electron chi connectivity index (χ4n) is 1.90. The van der Waals surface area contributed by atoms with E-state index in [1.54, 1.807) is 0 Å². The smallest absolute Gasteiger partial charge is 0.0409 e. The van der Waals surface area contributed by atoms with Gasteiger partial charge in [0.25, 0.3) is 0 Å². The van der Waals surface area contributed by atoms with Gasteiger partial charge in [0.2, 0.25) is 0 Å². The van der Waals surface area contributed by atoms with Crippen molar-refractivity contribution in [3.05, 3.63) is 97.2 Å². The zero-order valence-corrected chi connectivity index (χ0v) is 11.5. The second-order valence-corrected chi connectivity index (χ2v) is 4.39. The summed E-state index contributed by atoms with van der Waals surface area (Å²) < 4.78 is 0. The van der Waals surface area contributed by atoms with Crippen LogP contribution in [-0.4, -0.2) is 6.54 Å². The number of allylic oxidation sites excluding steroid dienone is 2. The first-order valence-corrected chi connectivity index (χ1v) is 6.72. The van der Waals surface area contributed by atoms with Crippen LogP contribution in [0.5, 0.6) is 0 Å². The molecule has 0 heterocycles. The summed E-state index contributed by atoms with van der Waals surface area (Å²) >= 11 is 0. The third kappa shape index (κ3) is 4.29. The molecule has 0 saturated carbocycles. The zero-order chi connectivity index (χ0) is 14.0. The average molecular weight is 261 g/mol. The molecule has 1 heteroatoms. The van der Waals surface area contributed by atoms with Crippen LogP contribution in [0.3, 0.4) is 0 Å². The van der Waals surface area contributed by atoms with Gasteiger partial charge in [-0.25, -0.2) is 0 Å². The van der Waals surface area contributed by atoms with Crippen LogP contribution in [0.4, 0.5) is 5.69 Å². The molecule has 0 radical (unpaired) electrons. The topological polar surface area (TPSA) is 3.24 Å². The lowest BCUT2D eigenvalue weighted by Crippen LogP contribution is -2.15. The Morgan fingerprint density at radius 2 is 1.50 bits per heavy atom. The van der Waals surface area contributed by atoms with Crippen LogP contribution in [0, 0.1) is 0 Å². The Morgan fingerprint density at radius 1 is 0.850 bits per heavy atom. The number of nitrogens with zero attached hydrogens (tertiary/aromatic N) is 1. The zero-order valence-electron chi connectivity index (χ0n) is 11.5. The van der Waals surface area contributed by atoms with Crippen molar-refractivity contribution in [2.24, 2.45) is 0 Å². The molecule has 0 bridgehead atoms. The minimum atomic E-state index is 0.791. The summed E-state index contributed by atoms with van der Waals surface area (Å²) in [6.07, 6.45) is 10.2. The molecule has 0 aliphatic heterocycles. The fourth-order valence-corrected chi connectivity index (χ4v) is 1.90. The molecule has 2 aromatic rings. The van der Waals surface area contributed by atoms with Crippen molar-refractivity contribution in [3.8, 4) is 0 Å². The molecule has 0 atom stereocenters. The van der Waals surface area contributed by atoms with E-state index < -0.39 is 0 Å². The SMILES string of the molecule is C=CCN(/C=C\C=C/c1ccccc1)c1ccccc1. The van der Waals surface area contributed by atoms with Gasteiger partial charge in [-0.2, -0.15) is 0 Å². The van der Waals surface area contributed by atoms with E-state index in [-0.39, 0.29) is 0 Å². The first-order valence-electron chi connectivity index (χ1n) is 6.72. The molecule has 2 aromatic carbocycles. The molecule has 0 unspecified atom stereocenters. The van der Waals surface area contributed by atoms with Gasteiger partial charge in [-0.3, -0.25) is 0 Å². The van der Waals surface area contributed by atoms with Crippen LogP contribution in [0.15, 0.2) is 91.7 Å². The molecule has 0 amide bonds. The largest absolute Gasteiger partial charge is 0.344 e. The first-order chi connectivity index (χ1) is 9.90. The van der Waals surface area contributed by atoms with Crippen LogP contribution in [0.25, 0.3) is 6.08 Å². The Bertz CT molecular complexity index is 567. The predicted octanol–water partition coefficient (Wildman–Crippen LogP) is 4.91. The number of rotatable bonds is 6.